The first-order chi connectivity index (χ1) is 18.6. The second-order valence-electron chi connectivity index (χ2n) is 7.86. The van der Waals surface area contributed by atoms with Crippen molar-refractivity contribution in [2.24, 2.45) is 0 Å². The monoisotopic (exact) mass is 530 g/mol. The van der Waals surface area contributed by atoms with E-state index in [0.717, 1.165) is 12.1 Å². The fraction of sp³-hybridized carbons (Fsp3) is 0. The standard InChI is InChI=1S/C28H18O11/c29-25(30)20-13-12-19(14-22(20)27(33)34)38-17-6-4-15(5-7-17)37-16-8-10-18(11-9-16)39-23-3-1-2-21(26(31)32)24(23)28(35)36/h1-14H,(H,29,30)(H,31,32)(H,33,34)(H,35,36). The number of hydrogen-bond acceptors (Lipinski definition) is 7. The van der Waals surface area contributed by atoms with E-state index in [2.05, 4.69) is 0 Å². The number of carboxylic acid groups (broad SMARTS) is 4. The quantitative estimate of drug-likeness (QED) is 0.193. The average molecular weight is 530 g/mol. The molecule has 0 unspecified atom stereocenters. The molecule has 0 fully saturated rings. The number of carbonyl (C=O) groups is 4. The lowest BCUT2D eigenvalue weighted by molar-refractivity contribution is 0.0649. The van der Waals surface area contributed by atoms with Crippen LogP contribution in [0.15, 0.2) is 84.9 Å². The number of ether oxygens (including phenoxy) is 3. The maximum atomic E-state index is 11.6. The molecule has 0 saturated carbocycles. The minimum absolute atomic E-state index is 0.125. The van der Waals surface area contributed by atoms with Crippen molar-refractivity contribution < 1.29 is 53.8 Å². The second kappa shape index (κ2) is 11.0. The largest absolute Gasteiger partial charge is 0.478 e. The summed E-state index contributed by atoms with van der Waals surface area (Å²) in [5.41, 5.74) is -1.62. The lowest BCUT2D eigenvalue weighted by Crippen LogP contribution is -2.09. The molecule has 11 nitrogen and oxygen atoms in total. The Bertz CT molecular complexity index is 1570. The van der Waals surface area contributed by atoms with Crippen molar-refractivity contribution in [2.75, 3.05) is 0 Å². The number of benzene rings is 4. The van der Waals surface area contributed by atoms with E-state index in [9.17, 15) is 34.5 Å². The molecular formula is C28H18O11. The molecular weight excluding hydrogens is 512 g/mol. The van der Waals surface area contributed by atoms with Crippen molar-refractivity contribution in [1.29, 1.82) is 0 Å². The van der Waals surface area contributed by atoms with Gasteiger partial charge in [-0.25, -0.2) is 19.2 Å². The highest BCUT2D eigenvalue weighted by molar-refractivity contribution is 6.04. The first kappa shape index (κ1) is 26.2. The van der Waals surface area contributed by atoms with Gasteiger partial charge in [0.15, 0.2) is 0 Å². The van der Waals surface area contributed by atoms with Crippen molar-refractivity contribution in [3.8, 4) is 34.5 Å². The van der Waals surface area contributed by atoms with Gasteiger partial charge in [-0.1, -0.05) is 6.07 Å². The Hall–Kier alpha value is -5.84. The maximum absolute atomic E-state index is 11.6. The van der Waals surface area contributed by atoms with Gasteiger partial charge in [0, 0.05) is 0 Å². The van der Waals surface area contributed by atoms with Crippen molar-refractivity contribution in [3.63, 3.8) is 0 Å². The van der Waals surface area contributed by atoms with E-state index in [1.165, 1.54) is 36.4 Å². The van der Waals surface area contributed by atoms with Crippen molar-refractivity contribution in [3.05, 3.63) is 107 Å². The minimum atomic E-state index is -1.44. The molecule has 0 bridgehead atoms. The van der Waals surface area contributed by atoms with Crippen LogP contribution in [-0.2, 0) is 0 Å². The molecule has 4 aromatic rings. The second-order valence-corrected chi connectivity index (χ2v) is 7.86. The zero-order valence-corrected chi connectivity index (χ0v) is 19.7. The molecule has 4 aromatic carbocycles. The molecule has 0 aliphatic carbocycles. The average Bonchev–Trinajstić information content (AvgIpc) is 2.90. The van der Waals surface area contributed by atoms with Crippen LogP contribution in [0.5, 0.6) is 34.5 Å². The number of carboxylic acids is 4. The zero-order valence-electron chi connectivity index (χ0n) is 19.7. The molecule has 0 atom stereocenters. The molecule has 0 heterocycles. The molecule has 0 radical (unpaired) electrons. The third-order valence-electron chi connectivity index (χ3n) is 5.27. The van der Waals surface area contributed by atoms with Gasteiger partial charge < -0.3 is 34.6 Å². The van der Waals surface area contributed by atoms with Gasteiger partial charge in [0.05, 0.1) is 16.7 Å². The van der Waals surface area contributed by atoms with Crippen LogP contribution < -0.4 is 14.2 Å². The molecule has 0 saturated heterocycles. The van der Waals surface area contributed by atoms with Crippen LogP contribution in [0.25, 0.3) is 0 Å². The lowest BCUT2D eigenvalue weighted by atomic mass is 10.1. The molecule has 11 heteroatoms. The van der Waals surface area contributed by atoms with E-state index in [0.29, 0.717) is 17.2 Å². The highest BCUT2D eigenvalue weighted by Gasteiger charge is 2.21. The van der Waals surface area contributed by atoms with Gasteiger partial charge in [0.2, 0.25) is 0 Å². The summed E-state index contributed by atoms with van der Waals surface area (Å²) in [6.07, 6.45) is 0. The maximum Gasteiger partial charge on any atom is 0.340 e. The van der Waals surface area contributed by atoms with Crippen molar-refractivity contribution in [2.45, 2.75) is 0 Å². The molecule has 0 amide bonds. The third kappa shape index (κ3) is 6.12. The summed E-state index contributed by atoms with van der Waals surface area (Å²) < 4.78 is 17.0. The van der Waals surface area contributed by atoms with E-state index in [-0.39, 0.29) is 22.8 Å². The van der Waals surface area contributed by atoms with E-state index in [1.807, 2.05) is 0 Å². The van der Waals surface area contributed by atoms with Crippen LogP contribution in [0.4, 0.5) is 0 Å². The van der Waals surface area contributed by atoms with Gasteiger partial charge in [-0.3, -0.25) is 0 Å². The summed E-state index contributed by atoms with van der Waals surface area (Å²) >= 11 is 0. The molecule has 0 aliphatic heterocycles. The summed E-state index contributed by atoms with van der Waals surface area (Å²) in [5, 5.41) is 37.0. The van der Waals surface area contributed by atoms with Gasteiger partial charge in [0.1, 0.15) is 40.1 Å². The summed E-state index contributed by atoms with van der Waals surface area (Å²) in [5.74, 6) is -4.11. The normalized spacial score (nSPS) is 10.4. The molecule has 39 heavy (non-hydrogen) atoms. The van der Waals surface area contributed by atoms with E-state index >= 15 is 0 Å². The molecule has 0 spiro atoms. The molecule has 0 aliphatic rings. The first-order valence-electron chi connectivity index (χ1n) is 11.1. The Labute approximate surface area is 219 Å². The van der Waals surface area contributed by atoms with Crippen LogP contribution in [0.3, 0.4) is 0 Å². The first-order valence-corrected chi connectivity index (χ1v) is 11.1. The van der Waals surface area contributed by atoms with Crippen molar-refractivity contribution in [1.82, 2.24) is 0 Å². The number of hydrogen-bond donors (Lipinski definition) is 4. The van der Waals surface area contributed by atoms with E-state index in [1.54, 1.807) is 36.4 Å². The summed E-state index contributed by atoms with van der Waals surface area (Å²) in [6.45, 7) is 0. The van der Waals surface area contributed by atoms with Gasteiger partial charge in [-0.15, -0.1) is 0 Å². The van der Waals surface area contributed by atoms with Crippen LogP contribution >= 0.6 is 0 Å². The van der Waals surface area contributed by atoms with Crippen LogP contribution in [0.2, 0.25) is 0 Å². The predicted octanol–water partition coefficient (Wildman–Crippen LogP) is 5.86. The Kier molecular flexibility index (Phi) is 7.43. The number of aromatic carboxylic acids is 4. The fourth-order valence-electron chi connectivity index (χ4n) is 3.52. The van der Waals surface area contributed by atoms with Crippen LogP contribution in [0.1, 0.15) is 41.4 Å². The SMILES string of the molecule is O=C(O)c1ccc(Oc2ccc(Oc3ccc(Oc4cccc(C(=O)O)c4C(=O)O)cc3)cc2)cc1C(=O)O. The van der Waals surface area contributed by atoms with Gasteiger partial charge in [0.25, 0.3) is 0 Å². The predicted molar refractivity (Wildman–Crippen MR) is 134 cm³/mol. The highest BCUT2D eigenvalue weighted by Crippen LogP contribution is 2.32. The molecule has 0 aromatic heterocycles. The summed E-state index contributed by atoms with van der Waals surface area (Å²) in [4.78, 5) is 45.5. The Morgan fingerprint density at radius 2 is 0.872 bits per heavy atom. The lowest BCUT2D eigenvalue weighted by Gasteiger charge is -2.12. The minimum Gasteiger partial charge on any atom is -0.478 e. The molecule has 4 N–H and O–H groups in total. The Morgan fingerprint density at radius 1 is 0.436 bits per heavy atom. The van der Waals surface area contributed by atoms with Crippen LogP contribution in [-0.4, -0.2) is 44.3 Å². The van der Waals surface area contributed by atoms with Crippen LogP contribution in [0, 0.1) is 0 Å². The summed E-state index contributed by atoms with van der Waals surface area (Å²) in [6, 6.07) is 20.0. The summed E-state index contributed by atoms with van der Waals surface area (Å²) in [7, 11) is 0. The molecule has 196 valence electrons. The Balaban J connectivity index is 1.43. The van der Waals surface area contributed by atoms with Gasteiger partial charge in [-0.05, 0) is 78.9 Å². The topological polar surface area (TPSA) is 177 Å². The van der Waals surface area contributed by atoms with E-state index < -0.39 is 40.6 Å². The fourth-order valence-corrected chi connectivity index (χ4v) is 3.52. The van der Waals surface area contributed by atoms with Gasteiger partial charge in [-0.2, -0.15) is 0 Å². The smallest absolute Gasteiger partial charge is 0.340 e. The van der Waals surface area contributed by atoms with Crippen molar-refractivity contribution >= 4 is 23.9 Å². The van der Waals surface area contributed by atoms with Gasteiger partial charge >= 0.3 is 23.9 Å². The number of rotatable bonds is 10. The van der Waals surface area contributed by atoms with E-state index in [4.69, 9.17) is 19.3 Å². The molecule has 4 rings (SSSR count). The Morgan fingerprint density at radius 3 is 1.33 bits per heavy atom. The zero-order chi connectivity index (χ0) is 28.1. The third-order valence-corrected chi connectivity index (χ3v) is 5.27. The highest BCUT2D eigenvalue weighted by atomic mass is 16.5.